The zero-order chi connectivity index (χ0) is 22.2. The summed E-state index contributed by atoms with van der Waals surface area (Å²) in [6.45, 7) is 1.55. The summed E-state index contributed by atoms with van der Waals surface area (Å²) in [7, 11) is 1.55. The molecule has 162 valence electrons. The number of rotatable bonds is 14. The molecule has 0 rings (SSSR count). The van der Waals surface area contributed by atoms with Crippen molar-refractivity contribution in [1.82, 2.24) is 20.9 Å². The monoisotopic (exact) mass is 412 g/mol. The van der Waals surface area contributed by atoms with E-state index in [0.717, 1.165) is 12.2 Å². The van der Waals surface area contributed by atoms with E-state index < -0.39 is 17.9 Å². The summed E-state index contributed by atoms with van der Waals surface area (Å²) in [6, 6.07) is -1.04. The van der Waals surface area contributed by atoms with Crippen molar-refractivity contribution < 1.29 is 33.9 Å². The molecule has 0 aromatic carbocycles. The Bertz CT molecular complexity index is 634. The van der Waals surface area contributed by atoms with Crippen LogP contribution in [0.5, 0.6) is 0 Å². The van der Waals surface area contributed by atoms with Gasteiger partial charge in [0.2, 0.25) is 23.6 Å². The molecule has 0 saturated carbocycles. The Morgan fingerprint density at radius 2 is 1.59 bits per heavy atom. The molecule has 0 saturated heterocycles. The second kappa shape index (κ2) is 14.8. The Kier molecular flexibility index (Phi) is 13.1. The smallest absolute Gasteiger partial charge is 0.325 e. The quantitative estimate of drug-likeness (QED) is 0.155. The summed E-state index contributed by atoms with van der Waals surface area (Å²) in [5, 5.41) is 15.9. The van der Waals surface area contributed by atoms with E-state index >= 15 is 0 Å². The van der Waals surface area contributed by atoms with E-state index in [1.54, 1.807) is 7.05 Å². The van der Waals surface area contributed by atoms with Crippen molar-refractivity contribution in [3.05, 3.63) is 12.2 Å². The van der Waals surface area contributed by atoms with Crippen molar-refractivity contribution in [2.75, 3.05) is 26.7 Å². The van der Waals surface area contributed by atoms with Crippen LogP contribution in [0.3, 0.4) is 0 Å². The van der Waals surface area contributed by atoms with Crippen LogP contribution >= 0.6 is 0 Å². The first-order valence-corrected chi connectivity index (χ1v) is 9.09. The second-order valence-electron chi connectivity index (χ2n) is 6.22. The number of amides is 4. The highest BCUT2D eigenvalue weighted by Gasteiger charge is 2.14. The Balaban J connectivity index is 3.82. The number of hydrogen-bond donors (Lipinski definition) is 4. The maximum Gasteiger partial charge on any atom is 0.325 e. The van der Waals surface area contributed by atoms with Gasteiger partial charge >= 0.3 is 5.97 Å². The maximum atomic E-state index is 11.7. The number of allylic oxidation sites excluding steroid dienone is 1. The van der Waals surface area contributed by atoms with Crippen molar-refractivity contribution in [3.63, 3.8) is 0 Å². The molecule has 1 unspecified atom stereocenters. The van der Waals surface area contributed by atoms with Crippen LogP contribution in [0.4, 0.5) is 0 Å². The zero-order valence-electron chi connectivity index (χ0n) is 16.6. The van der Waals surface area contributed by atoms with Gasteiger partial charge in [0.15, 0.2) is 0 Å². The lowest BCUT2D eigenvalue weighted by molar-refractivity contribution is -0.141. The van der Waals surface area contributed by atoms with Crippen LogP contribution in [-0.2, 0) is 28.8 Å². The molecule has 0 heterocycles. The molecule has 1 atom stereocenters. The molecule has 0 aliphatic heterocycles. The molecule has 11 heteroatoms. The fourth-order valence-corrected chi connectivity index (χ4v) is 2.00. The molecule has 0 aromatic rings. The average Bonchev–Trinajstić information content (AvgIpc) is 2.67. The van der Waals surface area contributed by atoms with Gasteiger partial charge in [-0.15, -0.1) is 0 Å². The van der Waals surface area contributed by atoms with E-state index in [0.29, 0.717) is 25.7 Å². The van der Waals surface area contributed by atoms with Crippen molar-refractivity contribution >= 4 is 35.9 Å². The Hall–Kier alpha value is -3.24. The predicted octanol–water partition coefficient (Wildman–Crippen LogP) is -1.42. The topological polar surface area (TPSA) is 162 Å². The lowest BCUT2D eigenvalue weighted by atomic mass is 10.2. The lowest BCUT2D eigenvalue weighted by Crippen LogP contribution is -2.43. The number of nitrogens with zero attached hydrogens (tertiary/aromatic N) is 1. The van der Waals surface area contributed by atoms with Gasteiger partial charge in [-0.1, -0.05) is 0 Å². The van der Waals surface area contributed by atoms with E-state index in [1.807, 2.05) is 0 Å². The summed E-state index contributed by atoms with van der Waals surface area (Å²) < 4.78 is 0. The number of carboxylic acids is 1. The minimum absolute atomic E-state index is 0.134. The SMILES string of the molecule is CC(NC(=O)CNC(=O)CCCCC(=O)NCCN(C)C(=O)/C=C\C=O)C(=O)O. The first-order chi connectivity index (χ1) is 13.7. The molecule has 0 fully saturated rings. The molecule has 0 aliphatic carbocycles. The standard InChI is InChI=1S/C18H28N4O7/c1-13(18(28)29)21-16(26)12-20-15(25)7-4-3-6-14(24)19-9-10-22(2)17(27)8-5-11-23/h5,8,11,13H,3-4,6-7,9-10,12H2,1-2H3,(H,19,24)(H,20,25)(H,21,26)(H,28,29)/b8-5-. The Morgan fingerprint density at radius 1 is 1.00 bits per heavy atom. The Labute approximate surface area is 168 Å². The van der Waals surface area contributed by atoms with Crippen LogP contribution in [0.1, 0.15) is 32.6 Å². The minimum atomic E-state index is -1.17. The number of aldehydes is 1. The highest BCUT2D eigenvalue weighted by molar-refractivity contribution is 5.90. The molecule has 0 spiro atoms. The minimum Gasteiger partial charge on any atom is -0.480 e. The van der Waals surface area contributed by atoms with Crippen molar-refractivity contribution in [2.45, 2.75) is 38.6 Å². The van der Waals surface area contributed by atoms with Crippen molar-refractivity contribution in [3.8, 4) is 0 Å². The third kappa shape index (κ3) is 13.6. The van der Waals surface area contributed by atoms with Gasteiger partial charge < -0.3 is 26.0 Å². The predicted molar refractivity (Wildman–Crippen MR) is 103 cm³/mol. The molecule has 0 aliphatic rings. The summed E-state index contributed by atoms with van der Waals surface area (Å²) in [5.41, 5.74) is 0. The largest absolute Gasteiger partial charge is 0.480 e. The maximum absolute atomic E-state index is 11.7. The van der Waals surface area contributed by atoms with Gasteiger partial charge in [0.1, 0.15) is 12.3 Å². The van der Waals surface area contributed by atoms with Gasteiger partial charge in [-0.25, -0.2) is 0 Å². The number of carboxylic acid groups (broad SMARTS) is 1. The first kappa shape index (κ1) is 25.8. The van der Waals surface area contributed by atoms with E-state index in [9.17, 15) is 28.8 Å². The fourth-order valence-electron chi connectivity index (χ4n) is 2.00. The van der Waals surface area contributed by atoms with Crippen LogP contribution in [0.15, 0.2) is 12.2 Å². The summed E-state index contributed by atoms with van der Waals surface area (Å²) in [5.74, 6) is -2.69. The summed E-state index contributed by atoms with van der Waals surface area (Å²) >= 11 is 0. The van der Waals surface area contributed by atoms with Crippen LogP contribution < -0.4 is 16.0 Å². The van der Waals surface area contributed by atoms with Crippen LogP contribution in [0, 0.1) is 0 Å². The number of carbonyl (C=O) groups is 6. The van der Waals surface area contributed by atoms with E-state index in [-0.39, 0.29) is 43.7 Å². The first-order valence-electron chi connectivity index (χ1n) is 9.09. The van der Waals surface area contributed by atoms with Crippen molar-refractivity contribution in [1.29, 1.82) is 0 Å². The van der Waals surface area contributed by atoms with Gasteiger partial charge in [-0.05, 0) is 25.8 Å². The van der Waals surface area contributed by atoms with Gasteiger partial charge in [-0.3, -0.25) is 28.8 Å². The summed E-state index contributed by atoms with van der Waals surface area (Å²) in [4.78, 5) is 68.4. The number of unbranched alkanes of at least 4 members (excludes halogenated alkanes) is 1. The molecule has 4 amide bonds. The van der Waals surface area contributed by atoms with Crippen LogP contribution in [0.2, 0.25) is 0 Å². The number of nitrogens with one attached hydrogen (secondary N) is 3. The zero-order valence-corrected chi connectivity index (χ0v) is 16.6. The van der Waals surface area contributed by atoms with Gasteiger partial charge in [0, 0.05) is 39.1 Å². The van der Waals surface area contributed by atoms with Crippen LogP contribution in [-0.4, -0.2) is 78.6 Å². The Morgan fingerprint density at radius 3 is 2.14 bits per heavy atom. The van der Waals surface area contributed by atoms with Crippen LogP contribution in [0.25, 0.3) is 0 Å². The molecule has 29 heavy (non-hydrogen) atoms. The number of hydrogen-bond acceptors (Lipinski definition) is 6. The fraction of sp³-hybridized carbons (Fsp3) is 0.556. The van der Waals surface area contributed by atoms with E-state index in [4.69, 9.17) is 5.11 Å². The molecule has 0 bridgehead atoms. The third-order valence-corrected chi connectivity index (χ3v) is 3.71. The lowest BCUT2D eigenvalue weighted by Gasteiger charge is -2.15. The van der Waals surface area contributed by atoms with Gasteiger partial charge in [-0.2, -0.15) is 0 Å². The van der Waals surface area contributed by atoms with Gasteiger partial charge in [0.25, 0.3) is 0 Å². The number of carbonyl (C=O) groups excluding carboxylic acids is 5. The van der Waals surface area contributed by atoms with E-state index in [2.05, 4.69) is 16.0 Å². The summed E-state index contributed by atoms with van der Waals surface area (Å²) in [6.07, 6.45) is 4.00. The second-order valence-corrected chi connectivity index (χ2v) is 6.22. The highest BCUT2D eigenvalue weighted by Crippen LogP contribution is 1.99. The van der Waals surface area contributed by atoms with Gasteiger partial charge in [0.05, 0.1) is 6.54 Å². The molecular formula is C18H28N4O7. The molecule has 11 nitrogen and oxygen atoms in total. The molecule has 0 aromatic heterocycles. The van der Waals surface area contributed by atoms with E-state index in [1.165, 1.54) is 11.8 Å². The third-order valence-electron chi connectivity index (χ3n) is 3.71. The van der Waals surface area contributed by atoms with Crippen molar-refractivity contribution in [2.24, 2.45) is 0 Å². The molecular weight excluding hydrogens is 384 g/mol. The highest BCUT2D eigenvalue weighted by atomic mass is 16.4. The number of aliphatic carboxylic acids is 1. The number of likely N-dealkylation sites (N-methyl/N-ethyl adjacent to an activating group) is 1. The average molecular weight is 412 g/mol. The molecule has 0 radical (unpaired) electrons. The normalized spacial score (nSPS) is 11.4. The molecule has 4 N–H and O–H groups in total.